The maximum absolute atomic E-state index is 3.47. The average molecular weight is 302 g/mol. The first kappa shape index (κ1) is 18.7. The Bertz CT molecular complexity index is 258. The minimum Gasteiger partial charge on any atom is -0.311 e. The van der Waals surface area contributed by atoms with E-state index in [0.717, 1.165) is 39.6 Å². The molecular formula is C13H34N8. The van der Waals surface area contributed by atoms with Gasteiger partial charge >= 0.3 is 0 Å². The molecule has 2 heterocycles. The molecule has 0 aromatic heterocycles. The molecule has 2 fully saturated rings. The molecular weight excluding hydrogens is 268 g/mol. The highest BCUT2D eigenvalue weighted by molar-refractivity contribution is 4.89. The molecule has 0 radical (unpaired) electrons. The Morgan fingerprint density at radius 1 is 0.762 bits per heavy atom. The third-order valence-electron chi connectivity index (χ3n) is 3.94. The topological polar surface area (TPSA) is 61.1 Å². The molecule has 0 amide bonds. The van der Waals surface area contributed by atoms with Crippen molar-refractivity contribution in [2.45, 2.75) is 5.79 Å². The zero-order valence-electron chi connectivity index (χ0n) is 14.5. The maximum atomic E-state index is 3.47. The van der Waals surface area contributed by atoms with E-state index in [4.69, 9.17) is 0 Å². The smallest absolute Gasteiger partial charge is 0.155 e. The van der Waals surface area contributed by atoms with Crippen LogP contribution in [0, 0.1) is 0 Å². The fraction of sp³-hybridized carbons (Fsp3) is 1.00. The summed E-state index contributed by atoms with van der Waals surface area (Å²) < 4.78 is 0. The van der Waals surface area contributed by atoms with Crippen LogP contribution in [-0.4, -0.2) is 108 Å². The van der Waals surface area contributed by atoms with Gasteiger partial charge in [-0.1, -0.05) is 0 Å². The zero-order valence-corrected chi connectivity index (χ0v) is 14.5. The summed E-state index contributed by atoms with van der Waals surface area (Å²) >= 11 is 0. The summed E-state index contributed by atoms with van der Waals surface area (Å²) in [5.41, 5.74) is 0. The minimum atomic E-state index is -0.0677. The molecule has 0 atom stereocenters. The lowest BCUT2D eigenvalue weighted by atomic mass is 10.2. The van der Waals surface area contributed by atoms with Crippen LogP contribution in [0.25, 0.3) is 0 Å². The van der Waals surface area contributed by atoms with Gasteiger partial charge in [0.25, 0.3) is 0 Å². The Kier molecular flexibility index (Phi) is 7.99. The van der Waals surface area contributed by atoms with E-state index >= 15 is 0 Å². The summed E-state index contributed by atoms with van der Waals surface area (Å²) in [6, 6.07) is 0. The fourth-order valence-corrected chi connectivity index (χ4v) is 2.86. The molecule has 2 saturated heterocycles. The van der Waals surface area contributed by atoms with Gasteiger partial charge in [-0.2, -0.15) is 0 Å². The fourth-order valence-electron chi connectivity index (χ4n) is 2.86. The van der Waals surface area contributed by atoms with Crippen molar-refractivity contribution in [2.24, 2.45) is 0 Å². The van der Waals surface area contributed by atoms with Gasteiger partial charge in [0.15, 0.2) is 5.79 Å². The van der Waals surface area contributed by atoms with Crippen LogP contribution in [0.1, 0.15) is 0 Å². The Hall–Kier alpha value is -0.320. The van der Waals surface area contributed by atoms with E-state index in [1.807, 2.05) is 0 Å². The van der Waals surface area contributed by atoms with Gasteiger partial charge in [-0.3, -0.25) is 25.8 Å². The maximum Gasteiger partial charge on any atom is 0.155 e. The van der Waals surface area contributed by atoms with E-state index in [9.17, 15) is 0 Å². The van der Waals surface area contributed by atoms with Crippen LogP contribution in [-0.2, 0) is 0 Å². The Labute approximate surface area is 129 Å². The lowest BCUT2D eigenvalue weighted by Gasteiger charge is -2.56. The molecule has 0 spiro atoms. The Balaban J connectivity index is 0.000000304. The summed E-state index contributed by atoms with van der Waals surface area (Å²) in [5, 5.41) is 17.2. The van der Waals surface area contributed by atoms with Crippen LogP contribution in [0.3, 0.4) is 0 Å². The van der Waals surface area contributed by atoms with E-state index in [-0.39, 0.29) is 5.79 Å². The number of hydrogen-bond donors (Lipinski definition) is 4. The van der Waals surface area contributed by atoms with Crippen molar-refractivity contribution in [3.8, 4) is 0 Å². The number of hydrazine groups is 1. The second kappa shape index (κ2) is 8.96. The highest BCUT2D eigenvalue weighted by Crippen LogP contribution is 2.23. The molecule has 0 unspecified atom stereocenters. The number of nitrogens with one attached hydrogen (secondary N) is 4. The third-order valence-corrected chi connectivity index (χ3v) is 3.94. The monoisotopic (exact) mass is 302 g/mol. The summed E-state index contributed by atoms with van der Waals surface area (Å²) in [6.45, 7) is 5.84. The van der Waals surface area contributed by atoms with Crippen LogP contribution in [0.2, 0.25) is 0 Å². The van der Waals surface area contributed by atoms with Crippen LogP contribution in [0.5, 0.6) is 0 Å². The van der Waals surface area contributed by atoms with Gasteiger partial charge in [-0.15, -0.1) is 0 Å². The van der Waals surface area contributed by atoms with Crippen molar-refractivity contribution in [3.05, 3.63) is 0 Å². The number of piperazine rings is 1. The zero-order chi connectivity index (χ0) is 15.9. The lowest BCUT2D eigenvalue weighted by molar-refractivity contribution is -0.219. The molecule has 126 valence electrons. The molecule has 0 aromatic carbocycles. The van der Waals surface area contributed by atoms with E-state index < -0.39 is 0 Å². The molecule has 2 aliphatic rings. The molecule has 8 heteroatoms. The predicted molar refractivity (Wildman–Crippen MR) is 87.4 cm³/mol. The lowest BCUT2D eigenvalue weighted by Crippen LogP contribution is -2.76. The van der Waals surface area contributed by atoms with Crippen LogP contribution >= 0.6 is 0 Å². The number of hydrogen-bond acceptors (Lipinski definition) is 8. The summed E-state index contributed by atoms with van der Waals surface area (Å²) in [6.07, 6.45) is 0. The first-order valence-electron chi connectivity index (χ1n) is 7.55. The van der Waals surface area contributed by atoms with Crippen molar-refractivity contribution in [2.75, 3.05) is 81.9 Å². The average Bonchev–Trinajstić information content (AvgIpc) is 2.49. The van der Waals surface area contributed by atoms with Crippen molar-refractivity contribution >= 4 is 0 Å². The standard InChI is InChI=1S/C10H25N5.C3H9N3/c1-12(2)10(13(3)4)9-11-7-8-15(10)14(5)6;1-4-2-6-3-5-1/h11H,7-9H2,1-6H3;4-6H,1-3H2. The Morgan fingerprint density at radius 3 is 1.52 bits per heavy atom. The molecule has 2 aliphatic heterocycles. The SMILES string of the molecule is C1NCNCN1.CN(C)N1CCNCC1(N(C)C)N(C)C. The first-order chi connectivity index (χ1) is 9.93. The van der Waals surface area contributed by atoms with Gasteiger partial charge in [-0.25, -0.2) is 10.0 Å². The molecule has 0 bridgehead atoms. The van der Waals surface area contributed by atoms with Crippen LogP contribution in [0.15, 0.2) is 0 Å². The number of likely N-dealkylation sites (N-methyl/N-ethyl adjacent to an activating group) is 2. The number of nitrogens with zero attached hydrogens (tertiary/aromatic N) is 4. The molecule has 0 saturated carbocycles. The van der Waals surface area contributed by atoms with Crippen molar-refractivity contribution in [1.82, 2.24) is 41.1 Å². The van der Waals surface area contributed by atoms with Gasteiger partial charge in [0.1, 0.15) is 0 Å². The third kappa shape index (κ3) is 4.83. The van der Waals surface area contributed by atoms with Gasteiger partial charge in [0.2, 0.25) is 0 Å². The van der Waals surface area contributed by atoms with E-state index in [1.165, 1.54) is 0 Å². The van der Waals surface area contributed by atoms with Gasteiger partial charge in [0, 0.05) is 53.7 Å². The quantitative estimate of drug-likeness (QED) is 0.438. The second-order valence-corrected chi connectivity index (χ2v) is 5.99. The van der Waals surface area contributed by atoms with E-state index in [2.05, 4.69) is 83.4 Å². The van der Waals surface area contributed by atoms with Gasteiger partial charge in [-0.05, 0) is 28.2 Å². The second-order valence-electron chi connectivity index (χ2n) is 5.99. The van der Waals surface area contributed by atoms with Crippen molar-refractivity contribution < 1.29 is 0 Å². The van der Waals surface area contributed by atoms with E-state index in [1.54, 1.807) is 0 Å². The number of rotatable bonds is 3. The van der Waals surface area contributed by atoms with E-state index in [0.29, 0.717) is 0 Å². The molecule has 0 aromatic rings. The first-order valence-corrected chi connectivity index (χ1v) is 7.55. The Morgan fingerprint density at radius 2 is 1.24 bits per heavy atom. The molecule has 8 nitrogen and oxygen atoms in total. The summed E-state index contributed by atoms with van der Waals surface area (Å²) in [5.74, 6) is -0.0677. The van der Waals surface area contributed by atoms with Gasteiger partial charge in [0.05, 0.1) is 0 Å². The molecule has 21 heavy (non-hydrogen) atoms. The largest absolute Gasteiger partial charge is 0.311 e. The molecule has 2 rings (SSSR count). The molecule has 4 N–H and O–H groups in total. The van der Waals surface area contributed by atoms with Crippen LogP contribution in [0.4, 0.5) is 0 Å². The minimum absolute atomic E-state index is 0.0677. The van der Waals surface area contributed by atoms with Crippen molar-refractivity contribution in [1.29, 1.82) is 0 Å². The normalized spacial score (nSPS) is 23.3. The predicted octanol–water partition coefficient (Wildman–Crippen LogP) is -2.21. The van der Waals surface area contributed by atoms with Crippen LogP contribution < -0.4 is 21.3 Å². The highest BCUT2D eigenvalue weighted by atomic mass is 15.7. The van der Waals surface area contributed by atoms with Gasteiger partial charge < -0.3 is 5.32 Å². The summed E-state index contributed by atoms with van der Waals surface area (Å²) in [7, 11) is 12.7. The highest BCUT2D eigenvalue weighted by Gasteiger charge is 2.44. The van der Waals surface area contributed by atoms with Crippen molar-refractivity contribution in [3.63, 3.8) is 0 Å². The summed E-state index contributed by atoms with van der Waals surface area (Å²) in [4.78, 5) is 4.53. The molecule has 0 aliphatic carbocycles.